The Morgan fingerprint density at radius 2 is 1.57 bits per heavy atom. The Morgan fingerprint density at radius 1 is 0.913 bits per heavy atom. The van der Waals surface area contributed by atoms with E-state index >= 15 is 0 Å². The van der Waals surface area contributed by atoms with Crippen LogP contribution in [0.25, 0.3) is 0 Å². The van der Waals surface area contributed by atoms with Crippen LogP contribution in [0.5, 0.6) is 0 Å². The molecule has 0 amide bonds. The fraction of sp³-hybridized carbons (Fsp3) is 0.750. The zero-order chi connectivity index (χ0) is 15.5. The van der Waals surface area contributed by atoms with Crippen LogP contribution in [0, 0.1) is 5.41 Å². The molecule has 126 valence electrons. The maximum Gasteiger partial charge on any atom is 0.0270 e. The number of hydrogen-bond acceptors (Lipinski definition) is 3. The monoisotopic (exact) mass is 313 g/mol. The van der Waals surface area contributed by atoms with Crippen LogP contribution in [0.15, 0.2) is 24.5 Å². The highest BCUT2D eigenvalue weighted by Gasteiger charge is 2.38. The molecule has 1 spiro atoms. The van der Waals surface area contributed by atoms with E-state index in [2.05, 4.69) is 27.3 Å². The van der Waals surface area contributed by atoms with Gasteiger partial charge in [-0.05, 0) is 107 Å². The van der Waals surface area contributed by atoms with Crippen molar-refractivity contribution in [1.82, 2.24) is 15.2 Å². The van der Waals surface area contributed by atoms with Crippen LogP contribution in [-0.2, 0) is 0 Å². The van der Waals surface area contributed by atoms with E-state index in [1.54, 1.807) is 0 Å². The second-order valence-corrected chi connectivity index (χ2v) is 8.07. The first kappa shape index (κ1) is 15.6. The molecule has 3 fully saturated rings. The Labute approximate surface area is 140 Å². The fourth-order valence-electron chi connectivity index (χ4n) is 5.27. The number of rotatable bonds is 2. The van der Waals surface area contributed by atoms with E-state index in [0.29, 0.717) is 5.41 Å². The van der Waals surface area contributed by atoms with Crippen LogP contribution in [-0.4, -0.2) is 42.1 Å². The lowest BCUT2D eigenvalue weighted by Crippen LogP contribution is -2.46. The third-order valence-electron chi connectivity index (χ3n) is 6.90. The van der Waals surface area contributed by atoms with E-state index in [0.717, 1.165) is 12.0 Å². The topological polar surface area (TPSA) is 28.2 Å². The van der Waals surface area contributed by atoms with Gasteiger partial charge < -0.3 is 10.2 Å². The van der Waals surface area contributed by atoms with Gasteiger partial charge in [0.1, 0.15) is 0 Å². The minimum Gasteiger partial charge on any atom is -0.317 e. The number of piperidine rings is 2. The Balaban J connectivity index is 1.28. The van der Waals surface area contributed by atoms with Crippen LogP contribution >= 0.6 is 0 Å². The first-order valence-corrected chi connectivity index (χ1v) is 9.69. The van der Waals surface area contributed by atoms with Crippen LogP contribution in [0.3, 0.4) is 0 Å². The molecular weight excluding hydrogens is 282 g/mol. The molecule has 2 saturated heterocycles. The van der Waals surface area contributed by atoms with Crippen LogP contribution in [0.1, 0.15) is 62.8 Å². The van der Waals surface area contributed by atoms with E-state index in [1.165, 1.54) is 83.1 Å². The van der Waals surface area contributed by atoms with Crippen molar-refractivity contribution in [3.05, 3.63) is 30.1 Å². The van der Waals surface area contributed by atoms with Crippen molar-refractivity contribution in [2.75, 3.05) is 26.2 Å². The number of nitrogens with zero attached hydrogens (tertiary/aromatic N) is 2. The molecule has 0 unspecified atom stereocenters. The Hall–Kier alpha value is -0.930. The quantitative estimate of drug-likeness (QED) is 0.904. The summed E-state index contributed by atoms with van der Waals surface area (Å²) in [4.78, 5) is 6.97. The Bertz CT molecular complexity index is 477. The fourth-order valence-corrected chi connectivity index (χ4v) is 5.27. The van der Waals surface area contributed by atoms with Gasteiger partial charge in [-0.3, -0.25) is 4.98 Å². The molecule has 4 rings (SSSR count). The third kappa shape index (κ3) is 3.46. The second kappa shape index (κ2) is 6.90. The Morgan fingerprint density at radius 3 is 2.22 bits per heavy atom. The molecule has 2 aliphatic heterocycles. The van der Waals surface area contributed by atoms with Crippen molar-refractivity contribution < 1.29 is 0 Å². The first-order chi connectivity index (χ1) is 11.3. The maximum atomic E-state index is 4.16. The van der Waals surface area contributed by atoms with Gasteiger partial charge in [0.15, 0.2) is 0 Å². The molecule has 1 N–H and O–H groups in total. The molecule has 3 aliphatic rings. The van der Waals surface area contributed by atoms with Crippen molar-refractivity contribution in [3.63, 3.8) is 0 Å². The number of likely N-dealkylation sites (tertiary alicyclic amines) is 1. The van der Waals surface area contributed by atoms with Gasteiger partial charge in [-0.1, -0.05) is 0 Å². The molecule has 0 bridgehead atoms. The Kier molecular flexibility index (Phi) is 4.68. The largest absolute Gasteiger partial charge is 0.317 e. The van der Waals surface area contributed by atoms with E-state index in [-0.39, 0.29) is 0 Å². The van der Waals surface area contributed by atoms with E-state index < -0.39 is 0 Å². The zero-order valence-corrected chi connectivity index (χ0v) is 14.3. The molecule has 1 saturated carbocycles. The van der Waals surface area contributed by atoms with Gasteiger partial charge in [0.2, 0.25) is 0 Å². The van der Waals surface area contributed by atoms with Gasteiger partial charge in [0.05, 0.1) is 0 Å². The summed E-state index contributed by atoms with van der Waals surface area (Å²) in [7, 11) is 0. The lowest BCUT2D eigenvalue weighted by Gasteiger charge is -2.47. The molecule has 23 heavy (non-hydrogen) atoms. The highest BCUT2D eigenvalue weighted by molar-refractivity contribution is 5.16. The standard InChI is InChI=1S/C20H31N3/c1-7-20(9-13-22-14-10-20)8-2-19(1)23-15-5-18(6-16-23)17-3-11-21-12-4-17/h3-4,11-12,18-19,22H,1-2,5-10,13-16H2. The summed E-state index contributed by atoms with van der Waals surface area (Å²) in [6, 6.07) is 5.29. The van der Waals surface area contributed by atoms with Crippen molar-refractivity contribution >= 4 is 0 Å². The van der Waals surface area contributed by atoms with Gasteiger partial charge in [-0.15, -0.1) is 0 Å². The maximum absolute atomic E-state index is 4.16. The summed E-state index contributed by atoms with van der Waals surface area (Å²) in [6.07, 6.45) is 15.2. The van der Waals surface area contributed by atoms with Gasteiger partial charge >= 0.3 is 0 Å². The molecule has 0 aromatic carbocycles. The summed E-state index contributed by atoms with van der Waals surface area (Å²) < 4.78 is 0. The highest BCUT2D eigenvalue weighted by atomic mass is 15.2. The number of pyridine rings is 1. The highest BCUT2D eigenvalue weighted by Crippen LogP contribution is 2.44. The first-order valence-electron chi connectivity index (χ1n) is 9.69. The zero-order valence-electron chi connectivity index (χ0n) is 14.3. The SMILES string of the molecule is c1cc(C2CCN(C3CCC4(CCNCC4)CC3)CC2)ccn1. The summed E-state index contributed by atoms with van der Waals surface area (Å²) in [5, 5.41) is 3.54. The second-order valence-electron chi connectivity index (χ2n) is 8.07. The molecule has 0 atom stereocenters. The van der Waals surface area contributed by atoms with Crippen molar-refractivity contribution in [3.8, 4) is 0 Å². The van der Waals surface area contributed by atoms with Crippen LogP contribution in [0.4, 0.5) is 0 Å². The van der Waals surface area contributed by atoms with Gasteiger partial charge in [0.25, 0.3) is 0 Å². The molecule has 3 heteroatoms. The van der Waals surface area contributed by atoms with Gasteiger partial charge in [0, 0.05) is 18.4 Å². The van der Waals surface area contributed by atoms with Crippen molar-refractivity contribution in [1.29, 1.82) is 0 Å². The smallest absolute Gasteiger partial charge is 0.0270 e. The van der Waals surface area contributed by atoms with Gasteiger partial charge in [-0.2, -0.15) is 0 Å². The normalized spacial score (nSPS) is 27.3. The van der Waals surface area contributed by atoms with E-state index in [1.807, 2.05) is 12.4 Å². The van der Waals surface area contributed by atoms with E-state index in [4.69, 9.17) is 0 Å². The van der Waals surface area contributed by atoms with Crippen molar-refractivity contribution in [2.45, 2.75) is 63.3 Å². The number of hydrogen-bond donors (Lipinski definition) is 1. The van der Waals surface area contributed by atoms with Crippen molar-refractivity contribution in [2.24, 2.45) is 5.41 Å². The predicted octanol–water partition coefficient (Wildman–Crippen LogP) is 3.57. The molecule has 1 aromatic rings. The van der Waals surface area contributed by atoms with Crippen LogP contribution in [0.2, 0.25) is 0 Å². The van der Waals surface area contributed by atoms with Crippen LogP contribution < -0.4 is 5.32 Å². The molecule has 1 aliphatic carbocycles. The predicted molar refractivity (Wildman–Crippen MR) is 94.6 cm³/mol. The summed E-state index contributed by atoms with van der Waals surface area (Å²) in [6.45, 7) is 5.10. The third-order valence-corrected chi connectivity index (χ3v) is 6.90. The number of nitrogens with one attached hydrogen (secondary N) is 1. The molecular formula is C20H31N3. The summed E-state index contributed by atoms with van der Waals surface area (Å²) in [5.74, 6) is 0.758. The average molecular weight is 313 g/mol. The average Bonchev–Trinajstić information content (AvgIpc) is 2.64. The lowest BCUT2D eigenvalue weighted by atomic mass is 9.67. The lowest BCUT2D eigenvalue weighted by molar-refractivity contribution is 0.0533. The minimum absolute atomic E-state index is 0.705. The van der Waals surface area contributed by atoms with E-state index in [9.17, 15) is 0 Å². The van der Waals surface area contributed by atoms with Gasteiger partial charge in [-0.25, -0.2) is 0 Å². The molecule has 0 radical (unpaired) electrons. The summed E-state index contributed by atoms with van der Waals surface area (Å²) >= 11 is 0. The molecule has 3 nitrogen and oxygen atoms in total. The summed E-state index contributed by atoms with van der Waals surface area (Å²) in [5.41, 5.74) is 2.20. The minimum atomic E-state index is 0.705. The molecule has 3 heterocycles. The number of aromatic nitrogens is 1. The molecule has 1 aromatic heterocycles.